The number of halogens is 3. The fraction of sp³-hybridized carbons (Fsp3) is 0.600. The van der Waals surface area contributed by atoms with Crippen LogP contribution in [0.15, 0.2) is 18.2 Å². The van der Waals surface area contributed by atoms with E-state index in [2.05, 4.69) is 12.2 Å². The Kier molecular flexibility index (Phi) is 5.10. The Balaban J connectivity index is 2.05. The lowest BCUT2D eigenvalue weighted by atomic mass is 9.77. The Morgan fingerprint density at radius 1 is 1.47 bits per heavy atom. The fourth-order valence-electron chi connectivity index (χ4n) is 2.95. The molecule has 2 rings (SSSR count). The smallest absolute Gasteiger partial charge is 0.127 e. The van der Waals surface area contributed by atoms with Gasteiger partial charge in [-0.25, -0.2) is 4.39 Å². The van der Waals surface area contributed by atoms with Crippen molar-refractivity contribution in [1.82, 2.24) is 5.32 Å². The highest BCUT2D eigenvalue weighted by Crippen LogP contribution is 2.33. The van der Waals surface area contributed by atoms with Gasteiger partial charge in [0.2, 0.25) is 0 Å². The summed E-state index contributed by atoms with van der Waals surface area (Å²) in [4.78, 5) is 0. The summed E-state index contributed by atoms with van der Waals surface area (Å²) in [5.41, 5.74) is 0.545. The second-order valence-electron chi connectivity index (χ2n) is 5.70. The molecule has 19 heavy (non-hydrogen) atoms. The number of nitrogens with one attached hydrogen (secondary N) is 1. The summed E-state index contributed by atoms with van der Waals surface area (Å²) < 4.78 is 13.7. The minimum Gasteiger partial charge on any atom is -0.306 e. The van der Waals surface area contributed by atoms with Gasteiger partial charge in [-0.3, -0.25) is 0 Å². The molecule has 1 aromatic rings. The lowest BCUT2D eigenvalue weighted by Gasteiger charge is -2.39. The van der Waals surface area contributed by atoms with Crippen molar-refractivity contribution >= 4 is 23.2 Å². The molecule has 1 aliphatic rings. The maximum atomic E-state index is 13.7. The van der Waals surface area contributed by atoms with Crippen LogP contribution in [-0.2, 0) is 6.54 Å². The van der Waals surface area contributed by atoms with Gasteiger partial charge in [0.15, 0.2) is 0 Å². The summed E-state index contributed by atoms with van der Waals surface area (Å²) in [7, 11) is 0. The van der Waals surface area contributed by atoms with Gasteiger partial charge in [-0.05, 0) is 37.0 Å². The van der Waals surface area contributed by atoms with Gasteiger partial charge >= 0.3 is 0 Å². The molecule has 0 heterocycles. The average molecular weight is 304 g/mol. The molecule has 1 fully saturated rings. The van der Waals surface area contributed by atoms with Gasteiger partial charge in [0.05, 0.1) is 0 Å². The minimum absolute atomic E-state index is 0.0615. The zero-order valence-electron chi connectivity index (χ0n) is 11.2. The predicted molar refractivity (Wildman–Crippen MR) is 79.3 cm³/mol. The summed E-state index contributed by atoms with van der Waals surface area (Å²) in [6.07, 6.45) is 4.55. The van der Waals surface area contributed by atoms with Crippen LogP contribution >= 0.6 is 23.2 Å². The van der Waals surface area contributed by atoms with Crippen molar-refractivity contribution in [2.75, 3.05) is 5.88 Å². The van der Waals surface area contributed by atoms with Crippen LogP contribution in [0.1, 0.15) is 38.2 Å². The molecule has 2 unspecified atom stereocenters. The zero-order valence-corrected chi connectivity index (χ0v) is 12.7. The van der Waals surface area contributed by atoms with Crippen LogP contribution in [0.25, 0.3) is 0 Å². The molecule has 0 radical (unpaired) electrons. The summed E-state index contributed by atoms with van der Waals surface area (Å²) in [6.45, 7) is 2.73. The van der Waals surface area contributed by atoms with Crippen molar-refractivity contribution in [2.45, 2.75) is 44.7 Å². The van der Waals surface area contributed by atoms with Crippen LogP contribution in [-0.4, -0.2) is 11.4 Å². The molecule has 1 nitrogen and oxygen atoms in total. The van der Waals surface area contributed by atoms with E-state index in [4.69, 9.17) is 23.2 Å². The second-order valence-corrected chi connectivity index (χ2v) is 6.41. The van der Waals surface area contributed by atoms with Crippen molar-refractivity contribution in [3.05, 3.63) is 34.6 Å². The molecule has 2 atom stereocenters. The van der Waals surface area contributed by atoms with E-state index in [9.17, 15) is 4.39 Å². The maximum Gasteiger partial charge on any atom is 0.127 e. The largest absolute Gasteiger partial charge is 0.306 e. The molecule has 0 amide bonds. The third-order valence-electron chi connectivity index (χ3n) is 4.01. The number of benzene rings is 1. The lowest BCUT2D eigenvalue weighted by Crippen LogP contribution is -2.49. The van der Waals surface area contributed by atoms with Gasteiger partial charge < -0.3 is 5.32 Å². The van der Waals surface area contributed by atoms with Crippen molar-refractivity contribution in [3.8, 4) is 0 Å². The first-order valence-corrected chi connectivity index (χ1v) is 7.71. The van der Waals surface area contributed by atoms with Crippen molar-refractivity contribution < 1.29 is 4.39 Å². The molecule has 1 aliphatic carbocycles. The van der Waals surface area contributed by atoms with Crippen LogP contribution in [0.5, 0.6) is 0 Å². The van der Waals surface area contributed by atoms with Gasteiger partial charge in [0, 0.05) is 28.5 Å². The highest BCUT2D eigenvalue weighted by Gasteiger charge is 2.33. The van der Waals surface area contributed by atoms with Gasteiger partial charge in [-0.2, -0.15) is 0 Å². The third kappa shape index (κ3) is 3.84. The number of hydrogen-bond acceptors (Lipinski definition) is 1. The average Bonchev–Trinajstić information content (AvgIpc) is 2.40. The molecule has 0 bridgehead atoms. The van der Waals surface area contributed by atoms with Gasteiger partial charge in [-0.1, -0.05) is 31.4 Å². The summed E-state index contributed by atoms with van der Waals surface area (Å²) in [6, 6.07) is 4.66. The molecule has 0 aromatic heterocycles. The van der Waals surface area contributed by atoms with Crippen LogP contribution in [0.3, 0.4) is 0 Å². The maximum absolute atomic E-state index is 13.7. The molecule has 1 N–H and O–H groups in total. The Hall–Kier alpha value is -0.310. The van der Waals surface area contributed by atoms with Crippen molar-refractivity contribution in [3.63, 3.8) is 0 Å². The van der Waals surface area contributed by atoms with E-state index in [1.807, 2.05) is 0 Å². The first-order chi connectivity index (χ1) is 9.04. The molecule has 4 heteroatoms. The molecular weight excluding hydrogens is 284 g/mol. The number of alkyl halides is 1. The number of rotatable bonds is 4. The third-order valence-corrected chi connectivity index (χ3v) is 4.76. The van der Waals surface area contributed by atoms with Crippen molar-refractivity contribution in [2.24, 2.45) is 5.92 Å². The summed E-state index contributed by atoms with van der Waals surface area (Å²) in [5.74, 6) is 1.02. The van der Waals surface area contributed by atoms with Crippen LogP contribution in [0, 0.1) is 11.7 Å². The SMILES string of the molecule is CC1CCCC(CCl)(NCc2cc(Cl)ccc2F)C1. The van der Waals surface area contributed by atoms with E-state index in [0.29, 0.717) is 28.9 Å². The lowest BCUT2D eigenvalue weighted by molar-refractivity contribution is 0.207. The summed E-state index contributed by atoms with van der Waals surface area (Å²) >= 11 is 12.1. The van der Waals surface area contributed by atoms with E-state index in [1.54, 1.807) is 12.1 Å². The van der Waals surface area contributed by atoms with Crippen LogP contribution in [0.2, 0.25) is 5.02 Å². The van der Waals surface area contributed by atoms with Gasteiger partial charge in [-0.15, -0.1) is 11.6 Å². The molecule has 106 valence electrons. The van der Waals surface area contributed by atoms with Crippen molar-refractivity contribution in [1.29, 1.82) is 0 Å². The standard InChI is InChI=1S/C15H20Cl2FN/c1-11-3-2-6-15(8-11,10-16)19-9-12-7-13(17)4-5-14(12)18/h4-5,7,11,19H,2-3,6,8-10H2,1H3. The first kappa shape index (κ1) is 15.1. The Bertz CT molecular complexity index is 438. The monoisotopic (exact) mass is 303 g/mol. The number of hydrogen-bond donors (Lipinski definition) is 1. The zero-order chi connectivity index (χ0) is 13.9. The normalized spacial score (nSPS) is 27.5. The quantitative estimate of drug-likeness (QED) is 0.791. The Morgan fingerprint density at radius 3 is 2.95 bits per heavy atom. The van der Waals surface area contributed by atoms with Gasteiger partial charge in [0.1, 0.15) is 5.82 Å². The Morgan fingerprint density at radius 2 is 2.26 bits per heavy atom. The molecule has 1 saturated carbocycles. The Labute approximate surface area is 124 Å². The minimum atomic E-state index is -0.217. The van der Waals surface area contributed by atoms with Crippen LogP contribution in [0.4, 0.5) is 4.39 Å². The molecule has 1 aromatic carbocycles. The van der Waals surface area contributed by atoms with Gasteiger partial charge in [0.25, 0.3) is 0 Å². The van der Waals surface area contributed by atoms with E-state index in [0.717, 1.165) is 12.8 Å². The van der Waals surface area contributed by atoms with E-state index in [-0.39, 0.29) is 11.4 Å². The topological polar surface area (TPSA) is 12.0 Å². The highest BCUT2D eigenvalue weighted by atomic mass is 35.5. The summed E-state index contributed by atoms with van der Waals surface area (Å²) in [5, 5.41) is 4.03. The second kappa shape index (κ2) is 6.43. The molecular formula is C15H20Cl2FN. The van der Waals surface area contributed by atoms with Crippen LogP contribution < -0.4 is 5.32 Å². The molecule has 0 aliphatic heterocycles. The molecule has 0 saturated heterocycles. The van der Waals surface area contributed by atoms with E-state index < -0.39 is 0 Å². The highest BCUT2D eigenvalue weighted by molar-refractivity contribution is 6.30. The van der Waals surface area contributed by atoms with E-state index in [1.165, 1.54) is 18.9 Å². The molecule has 0 spiro atoms. The fourth-order valence-corrected chi connectivity index (χ4v) is 3.48. The first-order valence-electron chi connectivity index (χ1n) is 6.79. The predicted octanol–water partition coefficient (Wildman–Crippen LogP) is 4.76. The van der Waals surface area contributed by atoms with E-state index >= 15 is 0 Å².